The summed E-state index contributed by atoms with van der Waals surface area (Å²) in [6, 6.07) is 7.24. The molecule has 1 amide bonds. The van der Waals surface area contributed by atoms with Crippen LogP contribution in [-0.2, 0) is 9.53 Å². The van der Waals surface area contributed by atoms with Crippen molar-refractivity contribution in [3.05, 3.63) is 34.9 Å². The number of halogens is 1. The summed E-state index contributed by atoms with van der Waals surface area (Å²) in [6.07, 6.45) is -0.0553. The number of carbonyl (C=O) groups excluding carboxylic acids is 1. The second-order valence-electron chi connectivity index (χ2n) is 5.55. The maximum Gasteiger partial charge on any atom is 0.239 e. The molecule has 0 saturated carbocycles. The lowest BCUT2D eigenvalue weighted by atomic mass is 10.1. The number of nitrogens with zero attached hydrogens (tertiary/aromatic N) is 1. The van der Waals surface area contributed by atoms with Gasteiger partial charge in [0.05, 0.1) is 25.3 Å². The zero-order chi connectivity index (χ0) is 14.8. The van der Waals surface area contributed by atoms with E-state index in [9.17, 15) is 9.90 Å². The average Bonchev–Trinajstić information content (AvgIpc) is 2.94. The van der Waals surface area contributed by atoms with Crippen molar-refractivity contribution in [1.29, 1.82) is 0 Å². The summed E-state index contributed by atoms with van der Waals surface area (Å²) in [5.41, 5.74) is 1.02. The van der Waals surface area contributed by atoms with E-state index in [1.807, 2.05) is 29.2 Å². The van der Waals surface area contributed by atoms with Gasteiger partial charge in [0.1, 0.15) is 6.10 Å². The molecule has 5 nitrogen and oxygen atoms in total. The van der Waals surface area contributed by atoms with Crippen molar-refractivity contribution >= 4 is 17.5 Å². The Kier molecular flexibility index (Phi) is 4.45. The first-order valence-corrected chi connectivity index (χ1v) is 7.58. The quantitative estimate of drug-likeness (QED) is 0.854. The zero-order valence-corrected chi connectivity index (χ0v) is 12.4. The third-order valence-corrected chi connectivity index (χ3v) is 4.28. The van der Waals surface area contributed by atoms with E-state index >= 15 is 0 Å². The van der Waals surface area contributed by atoms with Crippen molar-refractivity contribution in [3.8, 4) is 0 Å². The fourth-order valence-electron chi connectivity index (χ4n) is 2.85. The van der Waals surface area contributed by atoms with E-state index in [0.29, 0.717) is 37.7 Å². The molecule has 2 fully saturated rings. The van der Waals surface area contributed by atoms with Crippen molar-refractivity contribution in [2.24, 2.45) is 0 Å². The summed E-state index contributed by atoms with van der Waals surface area (Å²) in [4.78, 5) is 14.3. The van der Waals surface area contributed by atoms with Gasteiger partial charge < -0.3 is 20.1 Å². The van der Waals surface area contributed by atoms with Crippen LogP contribution in [-0.4, -0.2) is 54.3 Å². The minimum Gasteiger partial charge on any atom is -0.392 e. The SMILES string of the molecule is O=C([C@@H]1C[C@H](O)CN1)N1CCO[C@@H](c2ccc(Cl)cc2)C1. The van der Waals surface area contributed by atoms with Crippen LogP contribution >= 0.6 is 11.6 Å². The van der Waals surface area contributed by atoms with Gasteiger partial charge in [-0.25, -0.2) is 0 Å². The number of nitrogens with one attached hydrogen (secondary N) is 1. The van der Waals surface area contributed by atoms with Crippen LogP contribution in [0.5, 0.6) is 0 Å². The Morgan fingerprint density at radius 1 is 1.38 bits per heavy atom. The van der Waals surface area contributed by atoms with Crippen molar-refractivity contribution in [2.75, 3.05) is 26.2 Å². The topological polar surface area (TPSA) is 61.8 Å². The van der Waals surface area contributed by atoms with Crippen LogP contribution in [0, 0.1) is 0 Å². The molecule has 0 spiro atoms. The minimum absolute atomic E-state index is 0.0498. The second kappa shape index (κ2) is 6.32. The smallest absolute Gasteiger partial charge is 0.239 e. The molecule has 2 aliphatic heterocycles. The van der Waals surface area contributed by atoms with Crippen molar-refractivity contribution < 1.29 is 14.6 Å². The van der Waals surface area contributed by atoms with E-state index in [4.69, 9.17) is 16.3 Å². The number of hydrogen-bond acceptors (Lipinski definition) is 4. The molecule has 2 heterocycles. The lowest BCUT2D eigenvalue weighted by Gasteiger charge is -2.34. The van der Waals surface area contributed by atoms with Gasteiger partial charge in [0, 0.05) is 18.1 Å². The second-order valence-corrected chi connectivity index (χ2v) is 5.98. The number of aliphatic hydroxyl groups is 1. The molecule has 0 aliphatic carbocycles. The van der Waals surface area contributed by atoms with Gasteiger partial charge in [-0.3, -0.25) is 4.79 Å². The molecule has 3 rings (SSSR count). The summed E-state index contributed by atoms with van der Waals surface area (Å²) in [5, 5.41) is 13.3. The summed E-state index contributed by atoms with van der Waals surface area (Å²) in [5.74, 6) is 0.0498. The molecule has 0 bridgehead atoms. The summed E-state index contributed by atoms with van der Waals surface area (Å²) in [7, 11) is 0. The Morgan fingerprint density at radius 3 is 2.81 bits per heavy atom. The van der Waals surface area contributed by atoms with E-state index in [1.165, 1.54) is 0 Å². The predicted molar refractivity (Wildman–Crippen MR) is 79.1 cm³/mol. The molecule has 1 aromatic carbocycles. The predicted octanol–water partition coefficient (Wildman–Crippen LogP) is 0.963. The molecule has 0 radical (unpaired) electrons. The largest absolute Gasteiger partial charge is 0.392 e. The highest BCUT2D eigenvalue weighted by Gasteiger charge is 2.34. The summed E-state index contributed by atoms with van der Waals surface area (Å²) in [6.45, 7) is 2.14. The average molecular weight is 311 g/mol. The van der Waals surface area contributed by atoms with Gasteiger partial charge in [-0.15, -0.1) is 0 Å². The number of carbonyl (C=O) groups is 1. The van der Waals surface area contributed by atoms with Crippen LogP contribution in [0.2, 0.25) is 5.02 Å². The maximum atomic E-state index is 12.5. The Morgan fingerprint density at radius 2 is 2.14 bits per heavy atom. The highest BCUT2D eigenvalue weighted by molar-refractivity contribution is 6.30. The summed E-state index contributed by atoms with van der Waals surface area (Å²) >= 11 is 5.89. The first kappa shape index (κ1) is 14.8. The molecule has 6 heteroatoms. The number of ether oxygens (including phenoxy) is 1. The Balaban J connectivity index is 1.65. The monoisotopic (exact) mass is 310 g/mol. The number of benzene rings is 1. The van der Waals surface area contributed by atoms with E-state index in [-0.39, 0.29) is 18.1 Å². The van der Waals surface area contributed by atoms with Crippen LogP contribution in [0.4, 0.5) is 0 Å². The molecule has 0 aromatic heterocycles. The number of aliphatic hydroxyl groups excluding tert-OH is 1. The van der Waals surface area contributed by atoms with E-state index < -0.39 is 6.10 Å². The van der Waals surface area contributed by atoms with Crippen LogP contribution < -0.4 is 5.32 Å². The van der Waals surface area contributed by atoms with Crippen LogP contribution in [0.15, 0.2) is 24.3 Å². The van der Waals surface area contributed by atoms with Crippen LogP contribution in [0.3, 0.4) is 0 Å². The van der Waals surface area contributed by atoms with Crippen molar-refractivity contribution in [2.45, 2.75) is 24.7 Å². The van der Waals surface area contributed by atoms with E-state index in [2.05, 4.69) is 5.32 Å². The first-order chi connectivity index (χ1) is 10.1. The van der Waals surface area contributed by atoms with E-state index in [0.717, 1.165) is 5.56 Å². The normalized spacial score (nSPS) is 29.6. The molecule has 1 aromatic rings. The maximum absolute atomic E-state index is 12.5. The third kappa shape index (κ3) is 3.37. The highest BCUT2D eigenvalue weighted by atomic mass is 35.5. The van der Waals surface area contributed by atoms with Gasteiger partial charge in [-0.1, -0.05) is 23.7 Å². The fraction of sp³-hybridized carbons (Fsp3) is 0.533. The lowest BCUT2D eigenvalue weighted by Crippen LogP contribution is -2.49. The van der Waals surface area contributed by atoms with Gasteiger partial charge in [0.25, 0.3) is 0 Å². The first-order valence-electron chi connectivity index (χ1n) is 7.21. The molecular formula is C15H19ClN2O3. The Hall–Kier alpha value is -1.14. The lowest BCUT2D eigenvalue weighted by molar-refractivity contribution is -0.141. The number of rotatable bonds is 2. The number of amides is 1. The van der Waals surface area contributed by atoms with Gasteiger partial charge in [0.2, 0.25) is 5.91 Å². The molecule has 21 heavy (non-hydrogen) atoms. The van der Waals surface area contributed by atoms with Gasteiger partial charge >= 0.3 is 0 Å². The van der Waals surface area contributed by atoms with Gasteiger partial charge in [0.15, 0.2) is 0 Å². The molecule has 3 atom stereocenters. The molecular weight excluding hydrogens is 292 g/mol. The molecule has 0 unspecified atom stereocenters. The van der Waals surface area contributed by atoms with Crippen molar-refractivity contribution in [1.82, 2.24) is 10.2 Å². The Labute approximate surface area is 128 Å². The Bertz CT molecular complexity index is 508. The van der Waals surface area contributed by atoms with Gasteiger partial charge in [-0.05, 0) is 24.1 Å². The zero-order valence-electron chi connectivity index (χ0n) is 11.7. The molecule has 2 saturated heterocycles. The standard InChI is InChI=1S/C15H19ClN2O3/c16-11-3-1-10(2-4-11)14-9-18(5-6-21-14)15(20)13-7-12(19)8-17-13/h1-4,12-14,17,19H,5-9H2/t12-,13-,14+/m0/s1. The molecule has 2 aliphatic rings. The highest BCUT2D eigenvalue weighted by Crippen LogP contribution is 2.24. The molecule has 114 valence electrons. The van der Waals surface area contributed by atoms with Crippen molar-refractivity contribution in [3.63, 3.8) is 0 Å². The van der Waals surface area contributed by atoms with Crippen LogP contribution in [0.25, 0.3) is 0 Å². The number of morpholine rings is 1. The minimum atomic E-state index is -0.424. The number of hydrogen-bond donors (Lipinski definition) is 2. The van der Waals surface area contributed by atoms with Crippen LogP contribution in [0.1, 0.15) is 18.1 Å². The summed E-state index contributed by atoms with van der Waals surface area (Å²) < 4.78 is 5.76. The third-order valence-electron chi connectivity index (χ3n) is 4.03. The fourth-order valence-corrected chi connectivity index (χ4v) is 2.98. The molecule has 2 N–H and O–H groups in total. The van der Waals surface area contributed by atoms with E-state index in [1.54, 1.807) is 0 Å². The number of β-amino-alcohol motifs (C(OH)–C–C–N with tert-alkyl or cyclic N) is 1. The van der Waals surface area contributed by atoms with Gasteiger partial charge in [-0.2, -0.15) is 0 Å².